The van der Waals surface area contributed by atoms with Crippen LogP contribution in [0.2, 0.25) is 0 Å². The Morgan fingerprint density at radius 2 is 1.93 bits per heavy atom. The van der Waals surface area contributed by atoms with E-state index in [0.717, 1.165) is 25.0 Å². The molecule has 2 heterocycles. The van der Waals surface area contributed by atoms with Gasteiger partial charge in [-0.15, -0.1) is 0 Å². The predicted octanol–water partition coefficient (Wildman–Crippen LogP) is 3.03. The van der Waals surface area contributed by atoms with Crippen LogP contribution in [0.3, 0.4) is 0 Å². The molecule has 1 amide bonds. The van der Waals surface area contributed by atoms with Crippen molar-refractivity contribution in [2.24, 2.45) is 5.92 Å². The third-order valence-electron chi connectivity index (χ3n) is 5.91. The Balaban J connectivity index is 1.22. The number of benzene rings is 2. The van der Waals surface area contributed by atoms with Gasteiger partial charge in [0.15, 0.2) is 0 Å². The lowest BCUT2D eigenvalue weighted by molar-refractivity contribution is -0.121. The van der Waals surface area contributed by atoms with Gasteiger partial charge in [0.25, 0.3) is 5.56 Å². The minimum Gasteiger partial charge on any atom is -0.493 e. The molecule has 154 valence electrons. The molecule has 0 radical (unpaired) electrons. The van der Waals surface area contributed by atoms with E-state index in [1.54, 1.807) is 0 Å². The smallest absolute Gasteiger partial charge is 0.261 e. The molecule has 1 atom stereocenters. The van der Waals surface area contributed by atoms with Gasteiger partial charge in [-0.2, -0.15) is 0 Å². The second kappa shape index (κ2) is 7.94. The normalized spacial score (nSPS) is 17.9. The van der Waals surface area contributed by atoms with Crippen LogP contribution in [0.5, 0.6) is 5.75 Å². The number of carbonyl (C=O) groups excluding carboxylic acids is 1. The molecule has 6 heteroatoms. The molecular weight excluding hydrogens is 378 g/mol. The van der Waals surface area contributed by atoms with Crippen LogP contribution in [0.15, 0.2) is 53.3 Å². The number of nitrogens with zero attached hydrogens (tertiary/aromatic N) is 2. The van der Waals surface area contributed by atoms with Gasteiger partial charge < -0.3 is 10.1 Å². The maximum atomic E-state index is 12.9. The van der Waals surface area contributed by atoms with Crippen molar-refractivity contribution in [2.75, 3.05) is 13.2 Å². The van der Waals surface area contributed by atoms with Crippen LogP contribution in [-0.2, 0) is 17.6 Å². The molecule has 2 aromatic carbocycles. The van der Waals surface area contributed by atoms with Crippen LogP contribution in [-0.4, -0.2) is 28.6 Å². The number of ether oxygens (including phenoxy) is 1. The van der Waals surface area contributed by atoms with Crippen LogP contribution in [0, 0.1) is 5.92 Å². The van der Waals surface area contributed by atoms with E-state index in [9.17, 15) is 9.59 Å². The summed E-state index contributed by atoms with van der Waals surface area (Å²) >= 11 is 0. The Hall–Kier alpha value is -3.15. The highest BCUT2D eigenvalue weighted by Crippen LogP contribution is 2.35. The zero-order chi connectivity index (χ0) is 20.5. The molecule has 2 aliphatic rings. The summed E-state index contributed by atoms with van der Waals surface area (Å²) < 4.78 is 7.61. The van der Waals surface area contributed by atoms with Crippen LogP contribution in [0.4, 0.5) is 0 Å². The van der Waals surface area contributed by atoms with Crippen molar-refractivity contribution < 1.29 is 9.53 Å². The number of para-hydroxylation sites is 2. The summed E-state index contributed by atoms with van der Waals surface area (Å²) in [6.07, 6.45) is 3.70. The van der Waals surface area contributed by atoms with Crippen molar-refractivity contribution in [3.63, 3.8) is 0 Å². The van der Waals surface area contributed by atoms with E-state index in [-0.39, 0.29) is 23.4 Å². The number of fused-ring (bicyclic) bond motifs is 2. The van der Waals surface area contributed by atoms with Gasteiger partial charge in [0.1, 0.15) is 11.6 Å². The summed E-state index contributed by atoms with van der Waals surface area (Å²) in [5.41, 5.74) is 1.90. The quantitative estimate of drug-likeness (QED) is 0.687. The van der Waals surface area contributed by atoms with E-state index in [2.05, 4.69) is 11.4 Å². The first kappa shape index (κ1) is 18.9. The molecule has 0 spiro atoms. The number of carbonyl (C=O) groups is 1. The highest BCUT2D eigenvalue weighted by atomic mass is 16.5. The molecule has 1 aliphatic carbocycles. The molecule has 1 aromatic heterocycles. The first-order valence-electron chi connectivity index (χ1n) is 10.7. The average Bonchev–Trinajstić information content (AvgIpc) is 3.61. The fraction of sp³-hybridized carbons (Fsp3) is 0.375. The molecule has 0 saturated heterocycles. The fourth-order valence-electron chi connectivity index (χ4n) is 4.17. The zero-order valence-corrected chi connectivity index (χ0v) is 16.8. The number of hydrogen-bond acceptors (Lipinski definition) is 4. The largest absolute Gasteiger partial charge is 0.493 e. The summed E-state index contributed by atoms with van der Waals surface area (Å²) in [4.78, 5) is 30.1. The second-order valence-corrected chi connectivity index (χ2v) is 8.24. The van der Waals surface area contributed by atoms with Gasteiger partial charge in [-0.05, 0) is 43.0 Å². The molecular formula is C24H25N3O3. The van der Waals surface area contributed by atoms with Crippen molar-refractivity contribution in [3.8, 4) is 5.75 Å². The van der Waals surface area contributed by atoms with E-state index in [1.165, 1.54) is 5.56 Å². The molecule has 30 heavy (non-hydrogen) atoms. The fourth-order valence-corrected chi connectivity index (χ4v) is 4.17. The second-order valence-electron chi connectivity index (χ2n) is 8.24. The van der Waals surface area contributed by atoms with Crippen LogP contribution >= 0.6 is 0 Å². The van der Waals surface area contributed by atoms with E-state index in [1.807, 2.05) is 47.0 Å². The lowest BCUT2D eigenvalue weighted by atomic mass is 9.97. The van der Waals surface area contributed by atoms with Gasteiger partial charge in [0.05, 0.1) is 17.5 Å². The van der Waals surface area contributed by atoms with Crippen molar-refractivity contribution in [3.05, 3.63) is 70.3 Å². The summed E-state index contributed by atoms with van der Waals surface area (Å²) in [6.45, 7) is 1.21. The van der Waals surface area contributed by atoms with Gasteiger partial charge in [-0.3, -0.25) is 14.2 Å². The van der Waals surface area contributed by atoms with E-state index < -0.39 is 0 Å². The molecule has 1 unspecified atom stereocenters. The Bertz CT molecular complexity index is 1150. The average molecular weight is 403 g/mol. The van der Waals surface area contributed by atoms with E-state index in [4.69, 9.17) is 9.72 Å². The minimum absolute atomic E-state index is 0.0107. The third kappa shape index (κ3) is 3.82. The number of aromatic nitrogens is 2. The standard InChI is InChI=1S/C24H25N3O3/c28-23(25-14-16-13-17-5-1-4-8-21(17)30-15-16)12-11-22-26-20-7-3-2-6-19(20)24(29)27(22)18-9-10-18/h1-8,16,18H,9-15H2,(H,25,28). The number of hydrogen-bond donors (Lipinski definition) is 1. The summed E-state index contributed by atoms with van der Waals surface area (Å²) in [7, 11) is 0. The molecule has 1 N–H and O–H groups in total. The minimum atomic E-state index is -0.0152. The van der Waals surface area contributed by atoms with Gasteiger partial charge in [-0.1, -0.05) is 30.3 Å². The predicted molar refractivity (Wildman–Crippen MR) is 115 cm³/mol. The molecule has 3 aromatic rings. The number of amides is 1. The van der Waals surface area contributed by atoms with Gasteiger partial charge in [0.2, 0.25) is 5.91 Å². The Kier molecular flexibility index (Phi) is 4.99. The number of nitrogens with one attached hydrogen (secondary N) is 1. The monoisotopic (exact) mass is 403 g/mol. The highest BCUT2D eigenvalue weighted by molar-refractivity contribution is 5.78. The lowest BCUT2D eigenvalue weighted by Crippen LogP contribution is -2.35. The molecule has 1 saturated carbocycles. The van der Waals surface area contributed by atoms with E-state index in [0.29, 0.717) is 42.7 Å². The third-order valence-corrected chi connectivity index (χ3v) is 5.91. The summed E-state index contributed by atoms with van der Waals surface area (Å²) in [6, 6.07) is 15.7. The Labute approximate surface area is 174 Å². The van der Waals surface area contributed by atoms with Crippen molar-refractivity contribution >= 4 is 16.8 Å². The van der Waals surface area contributed by atoms with Crippen LogP contribution in [0.1, 0.15) is 36.7 Å². The topological polar surface area (TPSA) is 73.2 Å². The first-order valence-corrected chi connectivity index (χ1v) is 10.7. The van der Waals surface area contributed by atoms with Gasteiger partial charge >= 0.3 is 0 Å². The van der Waals surface area contributed by atoms with Crippen molar-refractivity contribution in [1.29, 1.82) is 0 Å². The van der Waals surface area contributed by atoms with Gasteiger partial charge in [-0.25, -0.2) is 4.98 Å². The Morgan fingerprint density at radius 3 is 2.80 bits per heavy atom. The van der Waals surface area contributed by atoms with Gasteiger partial charge in [0, 0.05) is 31.3 Å². The molecule has 1 aliphatic heterocycles. The van der Waals surface area contributed by atoms with Crippen molar-refractivity contribution in [2.45, 2.75) is 38.1 Å². The van der Waals surface area contributed by atoms with E-state index >= 15 is 0 Å². The maximum Gasteiger partial charge on any atom is 0.261 e. The van der Waals surface area contributed by atoms with Crippen molar-refractivity contribution in [1.82, 2.24) is 14.9 Å². The highest BCUT2D eigenvalue weighted by Gasteiger charge is 2.28. The molecule has 0 bridgehead atoms. The van der Waals surface area contributed by atoms with Crippen LogP contribution in [0.25, 0.3) is 10.9 Å². The molecule has 5 rings (SSSR count). The zero-order valence-electron chi connectivity index (χ0n) is 16.8. The van der Waals surface area contributed by atoms with Crippen LogP contribution < -0.4 is 15.6 Å². The molecule has 6 nitrogen and oxygen atoms in total. The number of aryl methyl sites for hydroxylation is 1. The number of rotatable bonds is 6. The first-order chi connectivity index (χ1) is 14.7. The maximum absolute atomic E-state index is 12.9. The molecule has 1 fully saturated rings. The Morgan fingerprint density at radius 1 is 1.13 bits per heavy atom. The lowest BCUT2D eigenvalue weighted by Gasteiger charge is -2.25. The summed E-state index contributed by atoms with van der Waals surface area (Å²) in [5, 5.41) is 3.68. The SMILES string of the molecule is O=C(CCc1nc2ccccc2c(=O)n1C1CC1)NCC1COc2ccccc2C1. The summed E-state index contributed by atoms with van der Waals surface area (Å²) in [5.74, 6) is 1.91.